The summed E-state index contributed by atoms with van der Waals surface area (Å²) >= 11 is 3.47. The molecule has 6 nitrogen and oxygen atoms in total. The zero-order valence-corrected chi connectivity index (χ0v) is 22.0. The summed E-state index contributed by atoms with van der Waals surface area (Å²) in [6.07, 6.45) is 2.32. The van der Waals surface area contributed by atoms with E-state index >= 15 is 0 Å². The Morgan fingerprint density at radius 3 is 2.56 bits per heavy atom. The summed E-state index contributed by atoms with van der Waals surface area (Å²) in [5.74, 6) is -1.04. The van der Waals surface area contributed by atoms with Gasteiger partial charge in [-0.05, 0) is 66.8 Å². The molecule has 0 saturated heterocycles. The highest BCUT2D eigenvalue weighted by Crippen LogP contribution is 2.39. The van der Waals surface area contributed by atoms with Crippen molar-refractivity contribution in [1.29, 1.82) is 0 Å². The molecule has 1 unspecified atom stereocenters. The van der Waals surface area contributed by atoms with E-state index < -0.39 is 11.5 Å². The summed E-state index contributed by atoms with van der Waals surface area (Å²) in [7, 11) is 0. The maximum atomic E-state index is 13.2. The molecule has 0 fully saturated rings. The number of halogens is 1. The van der Waals surface area contributed by atoms with Gasteiger partial charge in [0.25, 0.3) is 5.91 Å². The molecule has 1 aliphatic rings. The monoisotopic (exact) mass is 547 g/mol. The average Bonchev–Trinajstić information content (AvgIpc) is 3.16. The number of hydrogen-bond acceptors (Lipinski definition) is 4. The summed E-state index contributed by atoms with van der Waals surface area (Å²) in [5.41, 5.74) is 12.4. The molecule has 186 valence electrons. The third-order valence-corrected chi connectivity index (χ3v) is 6.90. The Morgan fingerprint density at radius 1 is 1.11 bits per heavy atom. The average molecular weight is 548 g/mol. The van der Waals surface area contributed by atoms with Crippen LogP contribution in [0.25, 0.3) is 11.3 Å². The van der Waals surface area contributed by atoms with E-state index in [9.17, 15) is 9.59 Å². The fourth-order valence-corrected chi connectivity index (χ4v) is 4.91. The van der Waals surface area contributed by atoms with E-state index in [0.717, 1.165) is 50.9 Å². The number of carbonyl (C=O) groups excluding carboxylic acids is 1. The fourth-order valence-electron chi connectivity index (χ4n) is 4.55. The first-order chi connectivity index (χ1) is 17.2. The minimum Gasteiger partial charge on any atom is -0.481 e. The molecule has 36 heavy (non-hydrogen) atoms. The molecular formula is C29H30BrN3O3. The molecule has 0 aliphatic carbocycles. The number of aryl methyl sites for hydroxylation is 1. The zero-order chi connectivity index (χ0) is 25.9. The van der Waals surface area contributed by atoms with Crippen molar-refractivity contribution in [3.05, 3.63) is 93.5 Å². The number of anilines is 2. The van der Waals surface area contributed by atoms with Gasteiger partial charge in [-0.25, -0.2) is 0 Å². The first-order valence-corrected chi connectivity index (χ1v) is 12.8. The van der Waals surface area contributed by atoms with Crippen LogP contribution in [0.3, 0.4) is 0 Å². The molecule has 1 atom stereocenters. The lowest BCUT2D eigenvalue weighted by molar-refractivity contribution is -0.137. The molecule has 0 bridgehead atoms. The minimum atomic E-state index is -0.846. The topological polar surface area (TPSA) is 104 Å². The molecule has 5 N–H and O–H groups in total. The van der Waals surface area contributed by atoms with Crippen LogP contribution in [0.1, 0.15) is 55.4 Å². The Balaban J connectivity index is 1.78. The maximum absolute atomic E-state index is 13.2. The van der Waals surface area contributed by atoms with E-state index in [4.69, 9.17) is 10.8 Å². The van der Waals surface area contributed by atoms with Gasteiger partial charge in [0, 0.05) is 27.7 Å². The van der Waals surface area contributed by atoms with E-state index in [1.165, 1.54) is 0 Å². The lowest BCUT2D eigenvalue weighted by atomic mass is 9.88. The highest BCUT2D eigenvalue weighted by molar-refractivity contribution is 9.10. The Kier molecular flexibility index (Phi) is 7.62. The van der Waals surface area contributed by atoms with Crippen LogP contribution < -0.4 is 16.4 Å². The van der Waals surface area contributed by atoms with Crippen molar-refractivity contribution in [3.63, 3.8) is 0 Å². The van der Waals surface area contributed by atoms with Crippen molar-refractivity contribution in [1.82, 2.24) is 0 Å². The number of nitrogens with two attached hydrogens (primary N) is 1. The normalized spacial score (nSPS) is 15.6. The van der Waals surface area contributed by atoms with Crippen LogP contribution in [0.5, 0.6) is 0 Å². The lowest BCUT2D eigenvalue weighted by Gasteiger charge is -2.25. The number of hydrogen-bond donors (Lipinski definition) is 4. The van der Waals surface area contributed by atoms with Gasteiger partial charge in [-0.1, -0.05) is 65.7 Å². The first kappa shape index (κ1) is 25.7. The van der Waals surface area contributed by atoms with Gasteiger partial charge in [-0.3, -0.25) is 9.59 Å². The van der Waals surface area contributed by atoms with E-state index in [-0.39, 0.29) is 12.3 Å². The number of carbonyl (C=O) groups is 2. The van der Waals surface area contributed by atoms with Crippen LogP contribution in [0, 0.1) is 0 Å². The smallest absolute Gasteiger partial charge is 0.303 e. The molecule has 1 heterocycles. The molecule has 0 spiro atoms. The fraction of sp³-hybridized carbons (Fsp3) is 0.241. The molecule has 4 rings (SSSR count). The number of amides is 1. The second kappa shape index (κ2) is 10.7. The van der Waals surface area contributed by atoms with E-state index in [2.05, 4.69) is 33.5 Å². The summed E-state index contributed by atoms with van der Waals surface area (Å²) in [4.78, 5) is 24.3. The standard InChI is InChI=1S/C29H30BrN3O3/c1-3-15-29(2,31)20-8-11-22(12-9-20)32-27(19-6-4-5-18(16-19)7-14-25(34)35)26-23-13-10-21(30)17-24(23)33-28(26)36/h4-6,8-13,16-17,32H,3,7,14-15,31H2,1-2H3,(H,33,36)(H,34,35)/b27-26-. The van der Waals surface area contributed by atoms with Crippen LogP contribution in [0.15, 0.2) is 71.2 Å². The molecular weight excluding hydrogens is 518 g/mol. The summed E-state index contributed by atoms with van der Waals surface area (Å²) < 4.78 is 0.875. The highest BCUT2D eigenvalue weighted by Gasteiger charge is 2.29. The second-order valence-electron chi connectivity index (χ2n) is 9.36. The van der Waals surface area contributed by atoms with Gasteiger partial charge in [-0.2, -0.15) is 0 Å². The SMILES string of the molecule is CCCC(C)(N)c1ccc(N/C(=C2\C(=O)Nc3cc(Br)ccc32)c2cccc(CCC(=O)O)c2)cc1. The Bertz CT molecular complexity index is 1330. The first-order valence-electron chi connectivity index (χ1n) is 12.0. The number of rotatable bonds is 9. The molecule has 7 heteroatoms. The van der Waals surface area contributed by atoms with Crippen molar-refractivity contribution >= 4 is 50.5 Å². The van der Waals surface area contributed by atoms with E-state index in [1.807, 2.05) is 73.7 Å². The Hall–Kier alpha value is -3.42. The quantitative estimate of drug-likeness (QED) is 0.233. The van der Waals surface area contributed by atoms with Gasteiger partial charge in [-0.15, -0.1) is 0 Å². The molecule has 0 aromatic heterocycles. The van der Waals surface area contributed by atoms with E-state index in [1.54, 1.807) is 0 Å². The van der Waals surface area contributed by atoms with Gasteiger partial charge in [0.15, 0.2) is 0 Å². The molecule has 0 radical (unpaired) electrons. The predicted octanol–water partition coefficient (Wildman–Crippen LogP) is 6.37. The second-order valence-corrected chi connectivity index (χ2v) is 10.3. The lowest BCUT2D eigenvalue weighted by Crippen LogP contribution is -2.32. The van der Waals surface area contributed by atoms with Crippen LogP contribution >= 0.6 is 15.9 Å². The van der Waals surface area contributed by atoms with Crippen molar-refractivity contribution in [2.45, 2.75) is 45.1 Å². The summed E-state index contributed by atoms with van der Waals surface area (Å²) in [5, 5.41) is 15.5. The Morgan fingerprint density at radius 2 is 1.86 bits per heavy atom. The number of fused-ring (bicyclic) bond motifs is 1. The van der Waals surface area contributed by atoms with Crippen LogP contribution in [-0.2, 0) is 21.5 Å². The predicted molar refractivity (Wildman–Crippen MR) is 148 cm³/mol. The number of carboxylic acid groups (broad SMARTS) is 1. The summed E-state index contributed by atoms with van der Waals surface area (Å²) in [6.45, 7) is 4.15. The van der Waals surface area contributed by atoms with E-state index in [0.29, 0.717) is 17.7 Å². The van der Waals surface area contributed by atoms with Crippen LogP contribution in [0.4, 0.5) is 11.4 Å². The Labute approximate surface area is 219 Å². The van der Waals surface area contributed by atoms with Gasteiger partial charge >= 0.3 is 5.97 Å². The third kappa shape index (κ3) is 5.69. The summed E-state index contributed by atoms with van der Waals surface area (Å²) in [6, 6.07) is 21.3. The van der Waals surface area contributed by atoms with Crippen molar-refractivity contribution in [2.24, 2.45) is 5.73 Å². The minimum absolute atomic E-state index is 0.0389. The number of carboxylic acids is 1. The number of nitrogens with one attached hydrogen (secondary N) is 2. The molecule has 3 aromatic rings. The largest absolute Gasteiger partial charge is 0.481 e. The van der Waals surface area contributed by atoms with Crippen molar-refractivity contribution in [3.8, 4) is 0 Å². The van der Waals surface area contributed by atoms with Crippen molar-refractivity contribution < 1.29 is 14.7 Å². The molecule has 0 saturated carbocycles. The van der Waals surface area contributed by atoms with Crippen LogP contribution in [0.2, 0.25) is 0 Å². The molecule has 1 amide bonds. The molecule has 1 aliphatic heterocycles. The van der Waals surface area contributed by atoms with Gasteiger partial charge in [0.1, 0.15) is 0 Å². The zero-order valence-electron chi connectivity index (χ0n) is 20.4. The van der Waals surface area contributed by atoms with Crippen molar-refractivity contribution in [2.75, 3.05) is 10.6 Å². The van der Waals surface area contributed by atoms with Gasteiger partial charge < -0.3 is 21.5 Å². The number of aliphatic carboxylic acids is 1. The van der Waals surface area contributed by atoms with Gasteiger partial charge in [0.2, 0.25) is 0 Å². The molecule has 3 aromatic carbocycles. The maximum Gasteiger partial charge on any atom is 0.303 e. The number of benzene rings is 3. The third-order valence-electron chi connectivity index (χ3n) is 6.40. The van der Waals surface area contributed by atoms with Crippen LogP contribution in [-0.4, -0.2) is 17.0 Å². The van der Waals surface area contributed by atoms with Gasteiger partial charge in [0.05, 0.1) is 17.0 Å². The highest BCUT2D eigenvalue weighted by atomic mass is 79.9.